The van der Waals surface area contributed by atoms with E-state index in [1.54, 1.807) is 6.20 Å². The van der Waals surface area contributed by atoms with Gasteiger partial charge >= 0.3 is 0 Å². The van der Waals surface area contributed by atoms with Gasteiger partial charge in [0.25, 0.3) is 5.91 Å². The standard InChI is InChI=1S/C18H23N5O2/c1-14-2-4-15(5-3-14)22-18(24)16-12-21-17(13-20-16)19-6-7-23-8-10-25-11-9-23/h2-5,12-13H,6-11H2,1H3,(H,19,21)(H,22,24). The molecule has 1 aromatic heterocycles. The Kier molecular flexibility index (Phi) is 5.92. The maximum atomic E-state index is 12.2. The number of anilines is 2. The van der Waals surface area contributed by atoms with Crippen molar-refractivity contribution in [1.29, 1.82) is 0 Å². The molecule has 0 radical (unpaired) electrons. The summed E-state index contributed by atoms with van der Waals surface area (Å²) >= 11 is 0. The van der Waals surface area contributed by atoms with Crippen LogP contribution in [0.3, 0.4) is 0 Å². The second kappa shape index (κ2) is 8.55. The van der Waals surface area contributed by atoms with Crippen molar-refractivity contribution in [2.45, 2.75) is 6.92 Å². The molecule has 1 saturated heterocycles. The Labute approximate surface area is 147 Å². The highest BCUT2D eigenvalue weighted by Crippen LogP contribution is 2.10. The molecule has 2 N–H and O–H groups in total. The summed E-state index contributed by atoms with van der Waals surface area (Å²) in [6, 6.07) is 7.62. The molecule has 0 unspecified atom stereocenters. The molecule has 7 nitrogen and oxygen atoms in total. The van der Waals surface area contributed by atoms with Crippen molar-refractivity contribution in [3.8, 4) is 0 Å². The summed E-state index contributed by atoms with van der Waals surface area (Å²) in [6.45, 7) is 7.23. The fourth-order valence-electron chi connectivity index (χ4n) is 2.54. The Hall–Kier alpha value is -2.51. The number of rotatable bonds is 6. The lowest BCUT2D eigenvalue weighted by molar-refractivity contribution is 0.0398. The van der Waals surface area contributed by atoms with Crippen LogP contribution < -0.4 is 10.6 Å². The summed E-state index contributed by atoms with van der Waals surface area (Å²) in [5.41, 5.74) is 2.18. The first-order valence-corrected chi connectivity index (χ1v) is 8.45. The molecular formula is C18H23N5O2. The van der Waals surface area contributed by atoms with Gasteiger partial charge in [0.2, 0.25) is 0 Å². The summed E-state index contributed by atoms with van der Waals surface area (Å²) in [4.78, 5) is 23.0. The third-order valence-corrected chi connectivity index (χ3v) is 4.03. The fraction of sp³-hybridized carbons (Fsp3) is 0.389. The fourth-order valence-corrected chi connectivity index (χ4v) is 2.54. The third-order valence-electron chi connectivity index (χ3n) is 4.03. The molecule has 0 saturated carbocycles. The van der Waals surface area contributed by atoms with Gasteiger partial charge in [-0.1, -0.05) is 17.7 Å². The average Bonchev–Trinajstić information content (AvgIpc) is 2.65. The summed E-state index contributed by atoms with van der Waals surface area (Å²) in [6.07, 6.45) is 3.07. The first kappa shape index (κ1) is 17.3. The summed E-state index contributed by atoms with van der Waals surface area (Å²) in [5.74, 6) is 0.399. The maximum Gasteiger partial charge on any atom is 0.275 e. The van der Waals surface area contributed by atoms with E-state index < -0.39 is 0 Å². The van der Waals surface area contributed by atoms with Crippen molar-refractivity contribution in [2.75, 3.05) is 50.0 Å². The lowest BCUT2D eigenvalue weighted by Gasteiger charge is -2.26. The van der Waals surface area contributed by atoms with Gasteiger partial charge in [-0.2, -0.15) is 0 Å². The molecule has 0 bridgehead atoms. The van der Waals surface area contributed by atoms with E-state index in [0.717, 1.165) is 50.6 Å². The quantitative estimate of drug-likeness (QED) is 0.834. The zero-order valence-electron chi connectivity index (χ0n) is 14.4. The Morgan fingerprint density at radius 1 is 1.16 bits per heavy atom. The molecule has 1 amide bonds. The van der Waals surface area contributed by atoms with Crippen molar-refractivity contribution in [3.63, 3.8) is 0 Å². The van der Waals surface area contributed by atoms with Gasteiger partial charge in [0.1, 0.15) is 11.5 Å². The lowest BCUT2D eigenvalue weighted by Crippen LogP contribution is -2.39. The number of morpholine rings is 1. The number of nitrogens with one attached hydrogen (secondary N) is 2. The van der Waals surface area contributed by atoms with Gasteiger partial charge in [-0.3, -0.25) is 9.69 Å². The minimum absolute atomic E-state index is 0.267. The number of carbonyl (C=O) groups is 1. The molecule has 3 rings (SSSR count). The lowest BCUT2D eigenvalue weighted by atomic mass is 10.2. The van der Waals surface area contributed by atoms with Gasteiger partial charge in [-0.05, 0) is 19.1 Å². The van der Waals surface area contributed by atoms with Crippen molar-refractivity contribution in [1.82, 2.24) is 14.9 Å². The topological polar surface area (TPSA) is 79.4 Å². The first-order chi connectivity index (χ1) is 12.2. The monoisotopic (exact) mass is 341 g/mol. The molecule has 2 heterocycles. The number of hydrogen-bond donors (Lipinski definition) is 2. The van der Waals surface area contributed by atoms with E-state index in [4.69, 9.17) is 4.74 Å². The van der Waals surface area contributed by atoms with Crippen LogP contribution in [0.5, 0.6) is 0 Å². The Morgan fingerprint density at radius 3 is 2.60 bits per heavy atom. The van der Waals surface area contributed by atoms with Crippen LogP contribution in [-0.2, 0) is 4.74 Å². The van der Waals surface area contributed by atoms with E-state index >= 15 is 0 Å². The molecule has 1 aliphatic rings. The van der Waals surface area contributed by atoms with E-state index in [-0.39, 0.29) is 5.91 Å². The van der Waals surface area contributed by atoms with Crippen LogP contribution in [0, 0.1) is 6.92 Å². The minimum Gasteiger partial charge on any atom is -0.379 e. The predicted octanol–water partition coefficient (Wildman–Crippen LogP) is 1.78. The predicted molar refractivity (Wildman–Crippen MR) is 96.9 cm³/mol. The summed E-state index contributed by atoms with van der Waals surface area (Å²) in [5, 5.41) is 6.04. The van der Waals surface area contributed by atoms with Crippen molar-refractivity contribution >= 4 is 17.4 Å². The number of carbonyl (C=O) groups excluding carboxylic acids is 1. The van der Waals surface area contributed by atoms with Crippen LogP contribution >= 0.6 is 0 Å². The van der Waals surface area contributed by atoms with Crippen molar-refractivity contribution in [3.05, 3.63) is 47.9 Å². The Balaban J connectivity index is 1.47. The number of hydrogen-bond acceptors (Lipinski definition) is 6. The molecule has 0 aliphatic carbocycles. The maximum absolute atomic E-state index is 12.2. The number of aryl methyl sites for hydroxylation is 1. The Bertz CT molecular complexity index is 682. The summed E-state index contributed by atoms with van der Waals surface area (Å²) < 4.78 is 5.33. The van der Waals surface area contributed by atoms with Gasteiger partial charge in [0, 0.05) is 31.9 Å². The van der Waals surface area contributed by atoms with Gasteiger partial charge in [-0.15, -0.1) is 0 Å². The van der Waals surface area contributed by atoms with Crippen LogP contribution in [0.1, 0.15) is 16.1 Å². The highest BCUT2D eigenvalue weighted by molar-refractivity contribution is 6.02. The average molecular weight is 341 g/mol. The second-order valence-corrected chi connectivity index (χ2v) is 5.99. The second-order valence-electron chi connectivity index (χ2n) is 5.99. The van der Waals surface area contributed by atoms with Crippen LogP contribution in [0.25, 0.3) is 0 Å². The smallest absolute Gasteiger partial charge is 0.275 e. The van der Waals surface area contributed by atoms with Crippen LogP contribution in [0.15, 0.2) is 36.7 Å². The van der Waals surface area contributed by atoms with Crippen molar-refractivity contribution < 1.29 is 9.53 Å². The molecule has 2 aromatic rings. The van der Waals surface area contributed by atoms with E-state index in [1.165, 1.54) is 6.20 Å². The SMILES string of the molecule is Cc1ccc(NC(=O)c2cnc(NCCN3CCOCC3)cn2)cc1. The minimum atomic E-state index is -0.267. The number of nitrogens with zero attached hydrogens (tertiary/aromatic N) is 3. The summed E-state index contributed by atoms with van der Waals surface area (Å²) in [7, 11) is 0. The largest absolute Gasteiger partial charge is 0.379 e. The van der Waals surface area contributed by atoms with Crippen molar-refractivity contribution in [2.24, 2.45) is 0 Å². The number of amides is 1. The Morgan fingerprint density at radius 2 is 1.92 bits per heavy atom. The van der Waals surface area contributed by atoms with Gasteiger partial charge < -0.3 is 15.4 Å². The number of benzene rings is 1. The van der Waals surface area contributed by atoms with E-state index in [2.05, 4.69) is 25.5 Å². The number of ether oxygens (including phenoxy) is 1. The van der Waals surface area contributed by atoms with Gasteiger partial charge in [0.15, 0.2) is 0 Å². The first-order valence-electron chi connectivity index (χ1n) is 8.45. The highest BCUT2D eigenvalue weighted by Gasteiger charge is 2.10. The molecule has 1 aliphatic heterocycles. The normalized spacial score (nSPS) is 14.9. The van der Waals surface area contributed by atoms with E-state index in [9.17, 15) is 4.79 Å². The molecule has 25 heavy (non-hydrogen) atoms. The zero-order valence-corrected chi connectivity index (χ0v) is 14.4. The van der Waals surface area contributed by atoms with E-state index in [0.29, 0.717) is 11.5 Å². The number of aromatic nitrogens is 2. The molecule has 7 heteroatoms. The highest BCUT2D eigenvalue weighted by atomic mass is 16.5. The zero-order chi connectivity index (χ0) is 17.5. The molecule has 1 aromatic carbocycles. The van der Waals surface area contributed by atoms with Crippen LogP contribution in [0.4, 0.5) is 11.5 Å². The molecule has 0 atom stereocenters. The van der Waals surface area contributed by atoms with Crippen LogP contribution in [-0.4, -0.2) is 60.2 Å². The van der Waals surface area contributed by atoms with E-state index in [1.807, 2.05) is 31.2 Å². The van der Waals surface area contributed by atoms with Gasteiger partial charge in [0.05, 0.1) is 25.6 Å². The van der Waals surface area contributed by atoms with Crippen LogP contribution in [0.2, 0.25) is 0 Å². The molecular weight excluding hydrogens is 318 g/mol. The third kappa shape index (κ3) is 5.23. The molecule has 1 fully saturated rings. The molecule has 0 spiro atoms. The van der Waals surface area contributed by atoms with Gasteiger partial charge in [-0.25, -0.2) is 9.97 Å². The molecule has 132 valence electrons.